The Morgan fingerprint density at radius 3 is 2.56 bits per heavy atom. The molecule has 4 nitrogen and oxygen atoms in total. The van der Waals surface area contributed by atoms with Crippen molar-refractivity contribution in [1.29, 1.82) is 0 Å². The van der Waals surface area contributed by atoms with Gasteiger partial charge in [0.1, 0.15) is 6.10 Å². The first-order valence-corrected chi connectivity index (χ1v) is 9.06. The summed E-state index contributed by atoms with van der Waals surface area (Å²) >= 11 is 0. The molecule has 2 N–H and O–H groups in total. The summed E-state index contributed by atoms with van der Waals surface area (Å²) in [5.41, 5.74) is 2.22. The van der Waals surface area contributed by atoms with Crippen molar-refractivity contribution < 1.29 is 9.26 Å². The van der Waals surface area contributed by atoms with Crippen LogP contribution in [0.1, 0.15) is 38.0 Å². The van der Waals surface area contributed by atoms with Gasteiger partial charge in [-0.05, 0) is 35.7 Å². The number of rotatable bonds is 5. The van der Waals surface area contributed by atoms with E-state index in [-0.39, 0.29) is 11.5 Å². The first-order valence-electron chi connectivity index (χ1n) is 6.27. The third kappa shape index (κ3) is 4.17. The van der Waals surface area contributed by atoms with E-state index in [0.29, 0.717) is 6.61 Å². The van der Waals surface area contributed by atoms with Crippen LogP contribution in [-0.4, -0.2) is 20.6 Å². The van der Waals surface area contributed by atoms with Crippen LogP contribution < -0.4 is 5.90 Å². The highest BCUT2D eigenvalue weighted by Gasteiger charge is 2.23. The minimum atomic E-state index is -1.07. The Labute approximate surface area is 111 Å². The maximum atomic E-state index is 5.73. The molecule has 0 bridgehead atoms. The monoisotopic (exact) mass is 268 g/mol. The predicted molar refractivity (Wildman–Crippen MR) is 75.8 cm³/mol. The van der Waals surface area contributed by atoms with Gasteiger partial charge in [0, 0.05) is 12.4 Å². The van der Waals surface area contributed by atoms with Gasteiger partial charge in [0.25, 0.3) is 0 Å². The summed E-state index contributed by atoms with van der Waals surface area (Å²) in [7, 11) is -1.07. The molecule has 0 aliphatic heterocycles. The molecule has 1 aromatic heterocycles. The molecule has 0 radical (unpaired) electrons. The molecule has 0 aliphatic rings. The standard InChI is InChI=1S/C13H24N2O2Si/c1-13(2,3)11-8-15-7-6-10(11)12(17-14)9-16-18(4)5/h6-8,12,18H,9,14H2,1-5H3. The first kappa shape index (κ1) is 15.3. The fraction of sp³-hybridized carbons (Fsp3) is 0.615. The van der Waals surface area contributed by atoms with E-state index in [2.05, 4.69) is 38.8 Å². The number of nitrogens with zero attached hydrogens (tertiary/aromatic N) is 1. The van der Waals surface area contributed by atoms with E-state index >= 15 is 0 Å². The van der Waals surface area contributed by atoms with Gasteiger partial charge in [-0.3, -0.25) is 9.82 Å². The maximum Gasteiger partial charge on any atom is 0.171 e. The highest BCUT2D eigenvalue weighted by molar-refractivity contribution is 6.48. The second-order valence-electron chi connectivity index (χ2n) is 5.72. The molecule has 1 unspecified atom stereocenters. The molecule has 5 heteroatoms. The van der Waals surface area contributed by atoms with E-state index < -0.39 is 9.04 Å². The molecule has 0 saturated carbocycles. The molecule has 102 valence electrons. The lowest BCUT2D eigenvalue weighted by molar-refractivity contribution is 0.0167. The molecular formula is C13H24N2O2Si. The molecule has 0 aromatic carbocycles. The zero-order valence-corrected chi connectivity index (χ0v) is 13.1. The molecule has 1 aromatic rings. The average molecular weight is 268 g/mol. The van der Waals surface area contributed by atoms with Crippen LogP contribution in [0.2, 0.25) is 13.1 Å². The summed E-state index contributed by atoms with van der Waals surface area (Å²) in [5.74, 6) is 5.42. The fourth-order valence-corrected chi connectivity index (χ4v) is 2.35. The lowest BCUT2D eigenvalue weighted by Gasteiger charge is -2.26. The molecule has 0 aliphatic carbocycles. The second kappa shape index (κ2) is 6.42. The van der Waals surface area contributed by atoms with Crippen molar-refractivity contribution >= 4 is 9.04 Å². The van der Waals surface area contributed by atoms with Gasteiger partial charge in [-0.2, -0.15) is 0 Å². The third-order valence-corrected chi connectivity index (χ3v) is 3.61. The zero-order chi connectivity index (χ0) is 13.8. The van der Waals surface area contributed by atoms with Crippen LogP contribution in [0.4, 0.5) is 0 Å². The summed E-state index contributed by atoms with van der Waals surface area (Å²) in [6.07, 6.45) is 3.43. The molecule has 0 amide bonds. The van der Waals surface area contributed by atoms with Gasteiger partial charge in [0.15, 0.2) is 9.04 Å². The number of pyridine rings is 1. The van der Waals surface area contributed by atoms with Crippen molar-refractivity contribution in [3.05, 3.63) is 29.6 Å². The van der Waals surface area contributed by atoms with Gasteiger partial charge in [-0.1, -0.05) is 20.8 Å². The molecular weight excluding hydrogens is 244 g/mol. The van der Waals surface area contributed by atoms with Crippen LogP contribution in [0.5, 0.6) is 0 Å². The van der Waals surface area contributed by atoms with E-state index in [9.17, 15) is 0 Å². The van der Waals surface area contributed by atoms with Crippen molar-refractivity contribution in [2.45, 2.75) is 45.4 Å². The quantitative estimate of drug-likeness (QED) is 0.657. The van der Waals surface area contributed by atoms with Crippen molar-refractivity contribution in [1.82, 2.24) is 4.98 Å². The second-order valence-corrected chi connectivity index (χ2v) is 8.15. The normalized spacial score (nSPS) is 13.9. The molecule has 1 atom stereocenters. The zero-order valence-electron chi connectivity index (χ0n) is 11.9. The summed E-state index contributed by atoms with van der Waals surface area (Å²) in [5, 5.41) is 0. The molecule has 0 spiro atoms. The highest BCUT2D eigenvalue weighted by atomic mass is 28.3. The summed E-state index contributed by atoms with van der Waals surface area (Å²) in [4.78, 5) is 9.29. The topological polar surface area (TPSA) is 57.4 Å². The van der Waals surface area contributed by atoms with Crippen molar-refractivity contribution in [3.63, 3.8) is 0 Å². The van der Waals surface area contributed by atoms with E-state index in [4.69, 9.17) is 15.2 Å². The van der Waals surface area contributed by atoms with E-state index in [1.165, 1.54) is 0 Å². The summed E-state index contributed by atoms with van der Waals surface area (Å²) < 4.78 is 5.73. The Morgan fingerprint density at radius 2 is 2.06 bits per heavy atom. The van der Waals surface area contributed by atoms with E-state index in [1.54, 1.807) is 6.20 Å². The molecule has 1 rings (SSSR count). The first-order chi connectivity index (χ1) is 8.36. The van der Waals surface area contributed by atoms with Gasteiger partial charge in [0.05, 0.1) is 6.61 Å². The molecule has 18 heavy (non-hydrogen) atoms. The average Bonchev–Trinajstić information content (AvgIpc) is 2.29. The summed E-state index contributed by atoms with van der Waals surface area (Å²) in [6, 6.07) is 1.96. The van der Waals surface area contributed by atoms with E-state index in [1.807, 2.05) is 12.3 Å². The molecule has 1 heterocycles. The van der Waals surface area contributed by atoms with Crippen LogP contribution >= 0.6 is 0 Å². The highest BCUT2D eigenvalue weighted by Crippen LogP contribution is 2.30. The van der Waals surface area contributed by atoms with Crippen LogP contribution in [0, 0.1) is 0 Å². The fourth-order valence-electron chi connectivity index (χ4n) is 1.79. The van der Waals surface area contributed by atoms with Crippen molar-refractivity contribution in [2.75, 3.05) is 6.61 Å². The van der Waals surface area contributed by atoms with Crippen LogP contribution in [0.15, 0.2) is 18.5 Å². The van der Waals surface area contributed by atoms with Gasteiger partial charge in [-0.15, -0.1) is 0 Å². The van der Waals surface area contributed by atoms with Gasteiger partial charge < -0.3 is 4.43 Å². The van der Waals surface area contributed by atoms with Crippen molar-refractivity contribution in [2.24, 2.45) is 5.90 Å². The Balaban J connectivity index is 2.98. The summed E-state index contributed by atoms with van der Waals surface area (Å²) in [6.45, 7) is 11.2. The lowest BCUT2D eigenvalue weighted by atomic mass is 9.84. The Morgan fingerprint density at radius 1 is 1.39 bits per heavy atom. The Hall–Kier alpha value is -0.753. The molecule has 0 saturated heterocycles. The smallest absolute Gasteiger partial charge is 0.171 e. The van der Waals surface area contributed by atoms with E-state index in [0.717, 1.165) is 11.1 Å². The van der Waals surface area contributed by atoms with Crippen LogP contribution in [0.3, 0.4) is 0 Å². The van der Waals surface area contributed by atoms with Gasteiger partial charge in [0.2, 0.25) is 0 Å². The minimum Gasteiger partial charge on any atom is -0.417 e. The predicted octanol–water partition coefficient (Wildman–Crippen LogP) is 2.31. The number of hydrogen-bond donors (Lipinski definition) is 1. The van der Waals surface area contributed by atoms with Gasteiger partial charge >= 0.3 is 0 Å². The Kier molecular flexibility index (Phi) is 5.46. The maximum absolute atomic E-state index is 5.73. The van der Waals surface area contributed by atoms with Crippen LogP contribution in [-0.2, 0) is 14.7 Å². The SMILES string of the molecule is C[SiH](C)OCC(ON)c1ccncc1C(C)(C)C. The Bertz CT molecular complexity index is 377. The lowest BCUT2D eigenvalue weighted by Crippen LogP contribution is -2.24. The number of hydrogen-bond acceptors (Lipinski definition) is 4. The minimum absolute atomic E-state index is 0.00956. The number of aromatic nitrogens is 1. The third-order valence-electron chi connectivity index (χ3n) is 2.75. The number of nitrogens with two attached hydrogens (primary N) is 1. The van der Waals surface area contributed by atoms with Crippen molar-refractivity contribution in [3.8, 4) is 0 Å². The van der Waals surface area contributed by atoms with Crippen LogP contribution in [0.25, 0.3) is 0 Å². The van der Waals surface area contributed by atoms with Gasteiger partial charge in [-0.25, -0.2) is 5.90 Å². The largest absolute Gasteiger partial charge is 0.417 e. The molecule has 0 fully saturated rings.